The van der Waals surface area contributed by atoms with Gasteiger partial charge < -0.3 is 4.74 Å². The minimum absolute atomic E-state index is 0.635. The molecule has 0 bridgehead atoms. The Morgan fingerprint density at radius 1 is 1.04 bits per heavy atom. The molecule has 1 aliphatic heterocycles. The molecule has 2 heterocycles. The normalized spacial score (nSPS) is 15.8. The molecule has 0 saturated carbocycles. The molecular formula is C19H22N4O. The van der Waals surface area contributed by atoms with E-state index in [4.69, 9.17) is 10.00 Å². The molecule has 0 unspecified atom stereocenters. The van der Waals surface area contributed by atoms with E-state index in [1.54, 1.807) is 12.1 Å². The lowest BCUT2D eigenvalue weighted by Gasteiger charge is -2.34. The summed E-state index contributed by atoms with van der Waals surface area (Å²) in [6.45, 7) is 6.69. The van der Waals surface area contributed by atoms with Crippen molar-refractivity contribution in [1.29, 1.82) is 5.26 Å². The molecule has 24 heavy (non-hydrogen) atoms. The van der Waals surface area contributed by atoms with Gasteiger partial charge in [-0.15, -0.1) is 0 Å². The number of ether oxygens (including phenoxy) is 1. The van der Waals surface area contributed by atoms with Crippen molar-refractivity contribution >= 4 is 0 Å². The van der Waals surface area contributed by atoms with Gasteiger partial charge in [0.2, 0.25) is 0 Å². The molecule has 1 fully saturated rings. The zero-order chi connectivity index (χ0) is 16.6. The quantitative estimate of drug-likeness (QED) is 0.816. The Bertz CT molecular complexity index is 675. The highest BCUT2D eigenvalue weighted by molar-refractivity contribution is 5.36. The number of pyridine rings is 1. The van der Waals surface area contributed by atoms with Gasteiger partial charge in [0, 0.05) is 45.5 Å². The second kappa shape index (κ2) is 8.44. The van der Waals surface area contributed by atoms with Gasteiger partial charge in [0.1, 0.15) is 12.4 Å². The number of nitriles is 1. The van der Waals surface area contributed by atoms with Crippen molar-refractivity contribution in [3.63, 3.8) is 0 Å². The van der Waals surface area contributed by atoms with Crippen LogP contribution >= 0.6 is 0 Å². The lowest BCUT2D eigenvalue weighted by molar-refractivity contribution is 0.111. The van der Waals surface area contributed by atoms with Crippen LogP contribution in [0.1, 0.15) is 11.3 Å². The third-order valence-corrected chi connectivity index (χ3v) is 4.22. The Hall–Kier alpha value is -2.42. The molecule has 0 radical (unpaired) electrons. The summed E-state index contributed by atoms with van der Waals surface area (Å²) < 4.78 is 5.76. The van der Waals surface area contributed by atoms with Crippen LogP contribution in [-0.4, -0.2) is 54.1 Å². The Kier molecular flexibility index (Phi) is 5.78. The minimum atomic E-state index is 0.635. The standard InChI is InChI=1S/C19H22N4O/c20-15-17-4-3-6-19(14-17)24-13-12-22-8-10-23(11-9-22)16-18-5-1-2-7-21-18/h1-7,14H,8-13,16H2. The molecule has 124 valence electrons. The van der Waals surface area contributed by atoms with Crippen LogP contribution in [0.2, 0.25) is 0 Å². The third kappa shape index (κ3) is 4.79. The van der Waals surface area contributed by atoms with Gasteiger partial charge in [0.05, 0.1) is 17.3 Å². The largest absolute Gasteiger partial charge is 0.492 e. The summed E-state index contributed by atoms with van der Waals surface area (Å²) >= 11 is 0. The highest BCUT2D eigenvalue weighted by Gasteiger charge is 2.17. The molecular weight excluding hydrogens is 300 g/mol. The second-order valence-electron chi connectivity index (χ2n) is 5.93. The molecule has 1 aliphatic rings. The lowest BCUT2D eigenvalue weighted by Crippen LogP contribution is -2.47. The summed E-state index contributed by atoms with van der Waals surface area (Å²) in [5.74, 6) is 0.767. The zero-order valence-electron chi connectivity index (χ0n) is 13.8. The van der Waals surface area contributed by atoms with Crippen molar-refractivity contribution < 1.29 is 4.74 Å². The molecule has 3 rings (SSSR count). The second-order valence-corrected chi connectivity index (χ2v) is 5.93. The van der Waals surface area contributed by atoms with E-state index in [1.165, 1.54) is 0 Å². The molecule has 1 aromatic carbocycles. The summed E-state index contributed by atoms with van der Waals surface area (Å²) in [6, 6.07) is 15.5. The minimum Gasteiger partial charge on any atom is -0.492 e. The Labute approximate surface area is 143 Å². The predicted octanol–water partition coefficient (Wildman–Crippen LogP) is 2.15. The first-order valence-electron chi connectivity index (χ1n) is 8.31. The SMILES string of the molecule is N#Cc1cccc(OCCN2CCN(Cc3ccccn3)CC2)c1. The smallest absolute Gasteiger partial charge is 0.120 e. The average Bonchev–Trinajstić information content (AvgIpc) is 2.64. The fourth-order valence-electron chi connectivity index (χ4n) is 2.84. The van der Waals surface area contributed by atoms with Crippen LogP contribution in [-0.2, 0) is 6.54 Å². The molecule has 0 amide bonds. The molecule has 2 aromatic rings. The van der Waals surface area contributed by atoms with Crippen LogP contribution in [0.5, 0.6) is 5.75 Å². The number of rotatable bonds is 6. The molecule has 0 atom stereocenters. The van der Waals surface area contributed by atoms with Gasteiger partial charge in [-0.25, -0.2) is 0 Å². The Morgan fingerprint density at radius 3 is 2.62 bits per heavy atom. The summed E-state index contributed by atoms with van der Waals surface area (Å²) in [5, 5.41) is 8.90. The predicted molar refractivity (Wildman–Crippen MR) is 92.6 cm³/mol. The van der Waals surface area contributed by atoms with E-state index in [0.717, 1.165) is 50.7 Å². The summed E-state index contributed by atoms with van der Waals surface area (Å²) in [4.78, 5) is 9.25. The van der Waals surface area contributed by atoms with Gasteiger partial charge in [-0.05, 0) is 30.3 Å². The van der Waals surface area contributed by atoms with Crippen molar-refractivity contribution in [1.82, 2.24) is 14.8 Å². The maximum absolute atomic E-state index is 8.90. The van der Waals surface area contributed by atoms with Gasteiger partial charge in [-0.2, -0.15) is 5.26 Å². The summed E-state index contributed by atoms with van der Waals surface area (Å²) in [5.41, 5.74) is 1.77. The van der Waals surface area contributed by atoms with E-state index < -0.39 is 0 Å². The van der Waals surface area contributed by atoms with Crippen molar-refractivity contribution in [2.75, 3.05) is 39.3 Å². The fraction of sp³-hybridized carbons (Fsp3) is 0.368. The van der Waals surface area contributed by atoms with E-state index in [1.807, 2.05) is 30.5 Å². The molecule has 1 saturated heterocycles. The fourth-order valence-corrected chi connectivity index (χ4v) is 2.84. The molecule has 5 heteroatoms. The molecule has 0 N–H and O–H groups in total. The number of aromatic nitrogens is 1. The summed E-state index contributed by atoms with van der Waals surface area (Å²) in [6.07, 6.45) is 1.85. The van der Waals surface area contributed by atoms with Gasteiger partial charge in [0.15, 0.2) is 0 Å². The Balaban J connectivity index is 1.37. The van der Waals surface area contributed by atoms with Gasteiger partial charge in [0.25, 0.3) is 0 Å². The van der Waals surface area contributed by atoms with E-state index in [2.05, 4.69) is 26.9 Å². The van der Waals surface area contributed by atoms with Crippen LogP contribution < -0.4 is 4.74 Å². The first-order chi connectivity index (χ1) is 11.8. The first-order valence-corrected chi connectivity index (χ1v) is 8.31. The number of hydrogen-bond donors (Lipinski definition) is 0. The monoisotopic (exact) mass is 322 g/mol. The zero-order valence-corrected chi connectivity index (χ0v) is 13.8. The van der Waals surface area contributed by atoms with Gasteiger partial charge >= 0.3 is 0 Å². The molecule has 0 spiro atoms. The maximum Gasteiger partial charge on any atom is 0.120 e. The Morgan fingerprint density at radius 2 is 1.88 bits per heavy atom. The van der Waals surface area contributed by atoms with Gasteiger partial charge in [-0.1, -0.05) is 12.1 Å². The van der Waals surface area contributed by atoms with Crippen molar-refractivity contribution in [3.8, 4) is 11.8 Å². The van der Waals surface area contributed by atoms with E-state index in [9.17, 15) is 0 Å². The topological polar surface area (TPSA) is 52.4 Å². The molecule has 0 aliphatic carbocycles. The van der Waals surface area contributed by atoms with E-state index >= 15 is 0 Å². The maximum atomic E-state index is 8.90. The van der Waals surface area contributed by atoms with Crippen LogP contribution in [0.4, 0.5) is 0 Å². The number of benzene rings is 1. The number of hydrogen-bond acceptors (Lipinski definition) is 5. The van der Waals surface area contributed by atoms with Crippen LogP contribution in [0.15, 0.2) is 48.7 Å². The summed E-state index contributed by atoms with van der Waals surface area (Å²) in [7, 11) is 0. The van der Waals surface area contributed by atoms with Crippen molar-refractivity contribution in [3.05, 3.63) is 59.9 Å². The van der Waals surface area contributed by atoms with E-state index in [-0.39, 0.29) is 0 Å². The van der Waals surface area contributed by atoms with E-state index in [0.29, 0.717) is 12.2 Å². The number of nitrogens with zero attached hydrogens (tertiary/aromatic N) is 4. The lowest BCUT2D eigenvalue weighted by atomic mass is 10.2. The van der Waals surface area contributed by atoms with Crippen molar-refractivity contribution in [2.45, 2.75) is 6.54 Å². The van der Waals surface area contributed by atoms with Gasteiger partial charge in [-0.3, -0.25) is 14.8 Å². The highest BCUT2D eigenvalue weighted by atomic mass is 16.5. The number of piperazine rings is 1. The highest BCUT2D eigenvalue weighted by Crippen LogP contribution is 2.13. The molecule has 1 aromatic heterocycles. The van der Waals surface area contributed by atoms with Crippen LogP contribution in [0.3, 0.4) is 0 Å². The molecule has 5 nitrogen and oxygen atoms in total. The van der Waals surface area contributed by atoms with Crippen molar-refractivity contribution in [2.24, 2.45) is 0 Å². The average molecular weight is 322 g/mol. The third-order valence-electron chi connectivity index (χ3n) is 4.22. The first kappa shape index (κ1) is 16.4. The van der Waals surface area contributed by atoms with Crippen LogP contribution in [0.25, 0.3) is 0 Å². The van der Waals surface area contributed by atoms with Crippen LogP contribution in [0, 0.1) is 11.3 Å².